The van der Waals surface area contributed by atoms with Crippen molar-refractivity contribution in [2.75, 3.05) is 0 Å². The van der Waals surface area contributed by atoms with Gasteiger partial charge in [0.25, 0.3) is 0 Å². The molecule has 1 aromatic heterocycles. The normalized spacial score (nSPS) is 16.0. The molecule has 0 saturated heterocycles. The van der Waals surface area contributed by atoms with E-state index in [2.05, 4.69) is 27.8 Å². The summed E-state index contributed by atoms with van der Waals surface area (Å²) < 4.78 is 2.30. The van der Waals surface area contributed by atoms with Gasteiger partial charge in [0, 0.05) is 6.04 Å². The summed E-state index contributed by atoms with van der Waals surface area (Å²) in [5.41, 5.74) is 2.36. The molecule has 96 valence electrons. The summed E-state index contributed by atoms with van der Waals surface area (Å²) in [5.74, 6) is 0. The Morgan fingerprint density at radius 3 is 2.74 bits per heavy atom. The number of hydrogen-bond donors (Lipinski definition) is 0. The van der Waals surface area contributed by atoms with Gasteiger partial charge in [-0.1, -0.05) is 42.1 Å². The molecule has 0 radical (unpaired) electrons. The Labute approximate surface area is 117 Å². The van der Waals surface area contributed by atoms with Crippen LogP contribution < -0.4 is 0 Å². The highest BCUT2D eigenvalue weighted by Crippen LogP contribution is 2.42. The first kappa shape index (κ1) is 12.3. The number of imidazole rings is 1. The minimum absolute atomic E-state index is 0.0662. The van der Waals surface area contributed by atoms with Crippen LogP contribution in [0.2, 0.25) is 0 Å². The van der Waals surface area contributed by atoms with Gasteiger partial charge in [-0.3, -0.25) is 0 Å². The maximum atomic E-state index is 8.96. The summed E-state index contributed by atoms with van der Waals surface area (Å²) in [6, 6.07) is 13.2. The molecule has 1 aliphatic carbocycles. The lowest BCUT2D eigenvalue weighted by Gasteiger charge is -2.11. The number of aromatic nitrogens is 2. The second-order valence-electron chi connectivity index (χ2n) is 4.78. The molecule has 19 heavy (non-hydrogen) atoms. The van der Waals surface area contributed by atoms with Gasteiger partial charge in [-0.2, -0.15) is 5.26 Å². The van der Waals surface area contributed by atoms with E-state index in [4.69, 9.17) is 5.26 Å². The first-order chi connectivity index (χ1) is 9.29. The monoisotopic (exact) mass is 269 g/mol. The fourth-order valence-electron chi connectivity index (χ4n) is 2.12. The lowest BCUT2D eigenvalue weighted by molar-refractivity contribution is 0.669. The number of nitriles is 1. The summed E-state index contributed by atoms with van der Waals surface area (Å²) in [7, 11) is 0. The van der Waals surface area contributed by atoms with Gasteiger partial charge >= 0.3 is 0 Å². The van der Waals surface area contributed by atoms with Crippen LogP contribution >= 0.6 is 11.8 Å². The molecule has 0 bridgehead atoms. The first-order valence-electron chi connectivity index (χ1n) is 6.48. The maximum absolute atomic E-state index is 8.96. The maximum Gasteiger partial charge on any atom is 0.169 e. The van der Waals surface area contributed by atoms with Gasteiger partial charge in [0.15, 0.2) is 5.16 Å². The van der Waals surface area contributed by atoms with E-state index in [0.717, 1.165) is 10.9 Å². The van der Waals surface area contributed by atoms with Crippen molar-refractivity contribution in [3.63, 3.8) is 0 Å². The topological polar surface area (TPSA) is 41.6 Å². The predicted octanol–water partition coefficient (Wildman–Crippen LogP) is 3.89. The Kier molecular flexibility index (Phi) is 3.31. The van der Waals surface area contributed by atoms with Crippen LogP contribution in [0.4, 0.5) is 0 Å². The molecular weight excluding hydrogens is 254 g/mol. The molecular formula is C15H15N3S. The van der Waals surface area contributed by atoms with Gasteiger partial charge in [0.05, 0.1) is 23.2 Å². The molecule has 1 atom stereocenters. The number of thioether (sulfide) groups is 1. The van der Waals surface area contributed by atoms with E-state index in [1.54, 1.807) is 11.8 Å². The molecule has 4 heteroatoms. The third-order valence-corrected chi connectivity index (χ3v) is 4.18. The second kappa shape index (κ2) is 5.10. The fourth-order valence-corrected chi connectivity index (χ4v) is 2.97. The number of hydrogen-bond acceptors (Lipinski definition) is 3. The second-order valence-corrected chi connectivity index (χ2v) is 6.09. The van der Waals surface area contributed by atoms with Crippen molar-refractivity contribution in [3.8, 4) is 17.3 Å². The van der Waals surface area contributed by atoms with Crippen LogP contribution in [0.1, 0.15) is 25.8 Å². The Hall–Kier alpha value is -1.73. The third kappa shape index (κ3) is 2.52. The lowest BCUT2D eigenvalue weighted by atomic mass is 10.2. The van der Waals surface area contributed by atoms with Crippen molar-refractivity contribution in [2.24, 2.45) is 0 Å². The third-order valence-electron chi connectivity index (χ3n) is 3.21. The highest BCUT2D eigenvalue weighted by molar-refractivity contribution is 8.00. The number of benzene rings is 1. The van der Waals surface area contributed by atoms with E-state index in [1.807, 2.05) is 31.3 Å². The molecule has 0 spiro atoms. The molecule has 1 fully saturated rings. The number of nitrogens with zero attached hydrogens (tertiary/aromatic N) is 3. The molecule has 0 N–H and O–H groups in total. The summed E-state index contributed by atoms with van der Waals surface area (Å²) in [6.07, 6.45) is 4.36. The average molecular weight is 269 g/mol. The molecule has 2 aromatic rings. The van der Waals surface area contributed by atoms with E-state index in [0.29, 0.717) is 6.04 Å². The minimum Gasteiger partial charge on any atom is -0.316 e. The Balaban J connectivity index is 2.00. The van der Waals surface area contributed by atoms with Crippen molar-refractivity contribution in [2.45, 2.75) is 36.2 Å². The zero-order valence-corrected chi connectivity index (χ0v) is 11.6. The minimum atomic E-state index is -0.0662. The number of rotatable bonds is 4. The zero-order chi connectivity index (χ0) is 13.2. The highest BCUT2D eigenvalue weighted by Gasteiger charge is 2.29. The van der Waals surface area contributed by atoms with Crippen molar-refractivity contribution >= 4 is 11.8 Å². The SMILES string of the molecule is C[C@@H](C#N)Sc1ncc(-c2ccccc2)n1C1CC1. The van der Waals surface area contributed by atoms with E-state index < -0.39 is 0 Å². The molecule has 3 rings (SSSR count). The molecule has 1 heterocycles. The van der Waals surface area contributed by atoms with Crippen molar-refractivity contribution < 1.29 is 0 Å². The molecule has 3 nitrogen and oxygen atoms in total. The van der Waals surface area contributed by atoms with Crippen LogP contribution in [0.15, 0.2) is 41.7 Å². The molecule has 0 amide bonds. The lowest BCUT2D eigenvalue weighted by Crippen LogP contribution is -2.01. The summed E-state index contributed by atoms with van der Waals surface area (Å²) in [6.45, 7) is 1.92. The Morgan fingerprint density at radius 1 is 1.37 bits per heavy atom. The molecule has 1 saturated carbocycles. The van der Waals surface area contributed by atoms with Crippen molar-refractivity contribution in [1.29, 1.82) is 5.26 Å². The van der Waals surface area contributed by atoms with Gasteiger partial charge in [-0.15, -0.1) is 0 Å². The standard InChI is InChI=1S/C15H15N3S/c1-11(9-16)19-15-17-10-14(18(15)13-7-8-13)12-5-3-2-4-6-12/h2-6,10-11,13H,7-8H2,1H3/t11-/m0/s1. The van der Waals surface area contributed by atoms with E-state index >= 15 is 0 Å². The van der Waals surface area contributed by atoms with Crippen LogP contribution in [-0.2, 0) is 0 Å². The Morgan fingerprint density at radius 2 is 2.11 bits per heavy atom. The zero-order valence-electron chi connectivity index (χ0n) is 10.8. The first-order valence-corrected chi connectivity index (χ1v) is 7.36. The Bertz CT molecular complexity index is 608. The van der Waals surface area contributed by atoms with Crippen molar-refractivity contribution in [3.05, 3.63) is 36.5 Å². The van der Waals surface area contributed by atoms with Crippen molar-refractivity contribution in [1.82, 2.24) is 9.55 Å². The summed E-state index contributed by atoms with van der Waals surface area (Å²) in [5, 5.41) is 9.86. The van der Waals surface area contributed by atoms with Gasteiger partial charge in [0.1, 0.15) is 0 Å². The van der Waals surface area contributed by atoms with Crippen LogP contribution in [0.3, 0.4) is 0 Å². The fraction of sp³-hybridized carbons (Fsp3) is 0.333. The van der Waals surface area contributed by atoms with Gasteiger partial charge < -0.3 is 4.57 Å². The summed E-state index contributed by atoms with van der Waals surface area (Å²) >= 11 is 1.54. The molecule has 0 unspecified atom stereocenters. The largest absolute Gasteiger partial charge is 0.316 e. The van der Waals surface area contributed by atoms with Gasteiger partial charge in [-0.25, -0.2) is 4.98 Å². The molecule has 0 aliphatic heterocycles. The quantitative estimate of drug-likeness (QED) is 0.791. The van der Waals surface area contributed by atoms with Gasteiger partial charge in [-0.05, 0) is 25.3 Å². The summed E-state index contributed by atoms with van der Waals surface area (Å²) in [4.78, 5) is 4.52. The van der Waals surface area contributed by atoms with Gasteiger partial charge in [0.2, 0.25) is 0 Å². The van der Waals surface area contributed by atoms with E-state index in [1.165, 1.54) is 18.4 Å². The van der Waals surface area contributed by atoms with Crippen LogP contribution in [-0.4, -0.2) is 14.8 Å². The van der Waals surface area contributed by atoms with E-state index in [-0.39, 0.29) is 5.25 Å². The molecule has 1 aliphatic rings. The average Bonchev–Trinajstić information content (AvgIpc) is 3.21. The smallest absolute Gasteiger partial charge is 0.169 e. The highest BCUT2D eigenvalue weighted by atomic mass is 32.2. The predicted molar refractivity (Wildman–Crippen MR) is 76.9 cm³/mol. The molecule has 1 aromatic carbocycles. The van der Waals surface area contributed by atoms with Crippen LogP contribution in [0, 0.1) is 11.3 Å². The van der Waals surface area contributed by atoms with E-state index in [9.17, 15) is 0 Å². The van der Waals surface area contributed by atoms with Crippen LogP contribution in [0.5, 0.6) is 0 Å². The van der Waals surface area contributed by atoms with Crippen LogP contribution in [0.25, 0.3) is 11.3 Å².